The normalized spacial score (nSPS) is 10.9. The molecule has 4 rings (SSSR count). The summed E-state index contributed by atoms with van der Waals surface area (Å²) in [5.74, 6) is -0.220. The molecule has 10 heteroatoms. The van der Waals surface area contributed by atoms with E-state index in [4.69, 9.17) is 15.2 Å². The quantitative estimate of drug-likeness (QED) is 0.428. The molecule has 1 aromatic carbocycles. The number of anilines is 1. The highest BCUT2D eigenvalue weighted by Gasteiger charge is 2.15. The zero-order valence-corrected chi connectivity index (χ0v) is 16.7. The van der Waals surface area contributed by atoms with Crippen LogP contribution < -0.4 is 16.2 Å². The molecular formula is C21H20N6O4. The molecule has 0 saturated carbocycles. The number of carbonyl (C=O) groups is 1. The van der Waals surface area contributed by atoms with Crippen LogP contribution in [0.4, 0.5) is 5.82 Å². The number of benzene rings is 1. The predicted octanol–water partition coefficient (Wildman–Crippen LogP) is 1.44. The van der Waals surface area contributed by atoms with Gasteiger partial charge in [-0.15, -0.1) is 0 Å². The van der Waals surface area contributed by atoms with E-state index in [2.05, 4.69) is 19.9 Å². The molecule has 0 spiro atoms. The largest absolute Gasteiger partial charge is 0.469 e. The molecule has 0 aliphatic heterocycles. The molecule has 10 nitrogen and oxygen atoms in total. The number of nitrogens with zero attached hydrogens (tertiary/aromatic N) is 4. The zero-order chi connectivity index (χ0) is 21.8. The van der Waals surface area contributed by atoms with Crippen LogP contribution >= 0.6 is 0 Å². The number of methoxy groups -OCH3 is 1. The lowest BCUT2D eigenvalue weighted by atomic mass is 10.1. The van der Waals surface area contributed by atoms with Gasteiger partial charge in [-0.3, -0.25) is 14.3 Å². The average Bonchev–Trinajstić information content (AvgIpc) is 3.09. The number of nitrogens with one attached hydrogen (secondary N) is 1. The minimum Gasteiger partial charge on any atom is -0.469 e. The van der Waals surface area contributed by atoms with Gasteiger partial charge in [0.15, 0.2) is 11.5 Å². The van der Waals surface area contributed by atoms with Gasteiger partial charge in [-0.05, 0) is 28.8 Å². The number of esters is 1. The summed E-state index contributed by atoms with van der Waals surface area (Å²) >= 11 is 0. The number of aromatic nitrogens is 5. The number of hydrogen-bond acceptors (Lipinski definition) is 8. The standard InChI is InChI=1S/C21H20N6O4/c1-30-16(28)10-14-3-2-4-15(9-14)11-27-19-17(24-21(27)29)18(22)25-20(26-19)31-12-13-5-7-23-8-6-13/h2-9H,10-12H2,1H3,(H,24,29)(H2,22,25,26). The average molecular weight is 420 g/mol. The van der Waals surface area contributed by atoms with Crippen LogP contribution in [-0.4, -0.2) is 37.6 Å². The van der Waals surface area contributed by atoms with Gasteiger partial charge in [-0.1, -0.05) is 24.3 Å². The number of H-pyrrole nitrogens is 1. The van der Waals surface area contributed by atoms with Crippen molar-refractivity contribution < 1.29 is 14.3 Å². The summed E-state index contributed by atoms with van der Waals surface area (Å²) in [6.07, 6.45) is 3.47. The molecule has 3 N–H and O–H groups in total. The molecule has 31 heavy (non-hydrogen) atoms. The van der Waals surface area contributed by atoms with E-state index in [1.165, 1.54) is 11.7 Å². The number of carbonyl (C=O) groups excluding carboxylic acids is 1. The van der Waals surface area contributed by atoms with Gasteiger partial charge in [-0.25, -0.2) is 4.79 Å². The fourth-order valence-electron chi connectivity index (χ4n) is 3.13. The Kier molecular flexibility index (Phi) is 5.61. The molecule has 3 aromatic heterocycles. The number of pyridine rings is 1. The van der Waals surface area contributed by atoms with Crippen molar-refractivity contribution >= 4 is 23.0 Å². The highest BCUT2D eigenvalue weighted by Crippen LogP contribution is 2.19. The van der Waals surface area contributed by atoms with Crippen molar-refractivity contribution in [1.29, 1.82) is 0 Å². The monoisotopic (exact) mass is 420 g/mol. The van der Waals surface area contributed by atoms with Crippen molar-refractivity contribution in [2.45, 2.75) is 19.6 Å². The topological polar surface area (TPSA) is 138 Å². The predicted molar refractivity (Wildman–Crippen MR) is 112 cm³/mol. The minimum absolute atomic E-state index is 0.0639. The fourth-order valence-corrected chi connectivity index (χ4v) is 3.13. The number of rotatable bonds is 7. The molecule has 0 aliphatic rings. The lowest BCUT2D eigenvalue weighted by Crippen LogP contribution is -2.18. The second kappa shape index (κ2) is 8.66. The van der Waals surface area contributed by atoms with Crippen molar-refractivity contribution in [3.63, 3.8) is 0 Å². The summed E-state index contributed by atoms with van der Waals surface area (Å²) < 4.78 is 11.8. The Bertz CT molecular complexity index is 1280. The van der Waals surface area contributed by atoms with Gasteiger partial charge in [0.2, 0.25) is 0 Å². The first-order valence-electron chi connectivity index (χ1n) is 9.46. The number of imidazole rings is 1. The van der Waals surface area contributed by atoms with Gasteiger partial charge >= 0.3 is 17.7 Å². The number of hydrogen-bond donors (Lipinski definition) is 2. The van der Waals surface area contributed by atoms with Gasteiger partial charge in [0.1, 0.15) is 12.1 Å². The van der Waals surface area contributed by atoms with E-state index in [0.29, 0.717) is 11.2 Å². The molecule has 158 valence electrons. The highest BCUT2D eigenvalue weighted by atomic mass is 16.5. The van der Waals surface area contributed by atoms with Crippen LogP contribution in [0.3, 0.4) is 0 Å². The molecular weight excluding hydrogens is 400 g/mol. The highest BCUT2D eigenvalue weighted by molar-refractivity contribution is 5.82. The van der Waals surface area contributed by atoms with Crippen LogP contribution in [0.2, 0.25) is 0 Å². The Hall–Kier alpha value is -4.21. The van der Waals surface area contributed by atoms with Gasteiger partial charge in [0.25, 0.3) is 0 Å². The SMILES string of the molecule is COC(=O)Cc1cccc(Cn2c(=O)[nH]c3c(N)nc(OCc4ccncc4)nc32)c1. The van der Waals surface area contributed by atoms with Gasteiger partial charge < -0.3 is 20.2 Å². The Morgan fingerprint density at radius 1 is 1.13 bits per heavy atom. The van der Waals surface area contributed by atoms with E-state index in [0.717, 1.165) is 16.7 Å². The van der Waals surface area contributed by atoms with Gasteiger partial charge in [-0.2, -0.15) is 9.97 Å². The maximum atomic E-state index is 12.6. The molecule has 0 aliphatic carbocycles. The van der Waals surface area contributed by atoms with Crippen LogP contribution in [0.1, 0.15) is 16.7 Å². The van der Waals surface area contributed by atoms with Crippen molar-refractivity contribution in [3.8, 4) is 6.01 Å². The third-order valence-electron chi connectivity index (χ3n) is 4.66. The number of fused-ring (bicyclic) bond motifs is 1. The van der Waals surface area contributed by atoms with Crippen LogP contribution in [0.5, 0.6) is 6.01 Å². The second-order valence-corrected chi connectivity index (χ2v) is 6.82. The number of ether oxygens (including phenoxy) is 2. The summed E-state index contributed by atoms with van der Waals surface area (Å²) in [5, 5.41) is 0. The van der Waals surface area contributed by atoms with Crippen LogP contribution in [0, 0.1) is 0 Å². The van der Waals surface area contributed by atoms with Crippen molar-refractivity contribution in [2.24, 2.45) is 0 Å². The maximum absolute atomic E-state index is 12.6. The third-order valence-corrected chi connectivity index (χ3v) is 4.66. The van der Waals surface area contributed by atoms with E-state index in [9.17, 15) is 9.59 Å². The molecule has 0 radical (unpaired) electrons. The molecule has 0 amide bonds. The van der Waals surface area contributed by atoms with Gasteiger partial charge in [0.05, 0.1) is 20.1 Å². The Balaban J connectivity index is 1.63. The number of nitrogen functional groups attached to an aromatic ring is 1. The molecule has 0 fully saturated rings. The number of nitrogens with two attached hydrogens (primary N) is 1. The minimum atomic E-state index is -0.374. The summed E-state index contributed by atoms with van der Waals surface area (Å²) in [5.41, 5.74) is 8.82. The molecule has 0 saturated heterocycles. The Morgan fingerprint density at radius 2 is 1.90 bits per heavy atom. The summed E-state index contributed by atoms with van der Waals surface area (Å²) in [6.45, 7) is 0.464. The second-order valence-electron chi connectivity index (χ2n) is 6.82. The maximum Gasteiger partial charge on any atom is 0.328 e. The van der Waals surface area contributed by atoms with Crippen molar-refractivity contribution in [1.82, 2.24) is 24.5 Å². The lowest BCUT2D eigenvalue weighted by Gasteiger charge is -2.08. The van der Waals surface area contributed by atoms with E-state index in [1.54, 1.807) is 12.4 Å². The Morgan fingerprint density at radius 3 is 2.68 bits per heavy atom. The van der Waals surface area contributed by atoms with Crippen molar-refractivity contribution in [2.75, 3.05) is 12.8 Å². The third kappa shape index (κ3) is 4.53. The first-order valence-corrected chi connectivity index (χ1v) is 9.46. The van der Waals surface area contributed by atoms with Crippen LogP contribution in [-0.2, 0) is 29.1 Å². The van der Waals surface area contributed by atoms with Gasteiger partial charge in [0, 0.05) is 12.4 Å². The van der Waals surface area contributed by atoms with E-state index >= 15 is 0 Å². The van der Waals surface area contributed by atoms with E-state index in [-0.39, 0.29) is 43.1 Å². The van der Waals surface area contributed by atoms with E-state index < -0.39 is 0 Å². The van der Waals surface area contributed by atoms with Crippen LogP contribution in [0.25, 0.3) is 11.2 Å². The molecule has 0 unspecified atom stereocenters. The first-order chi connectivity index (χ1) is 15.0. The summed E-state index contributed by atoms with van der Waals surface area (Å²) in [6, 6.07) is 11.0. The first kappa shape index (κ1) is 20.1. The van der Waals surface area contributed by atoms with Crippen LogP contribution in [0.15, 0.2) is 53.6 Å². The Labute approximate surface area is 176 Å². The fraction of sp³-hybridized carbons (Fsp3) is 0.190. The van der Waals surface area contributed by atoms with E-state index in [1.807, 2.05) is 36.4 Å². The molecule has 4 aromatic rings. The summed E-state index contributed by atoms with van der Waals surface area (Å²) in [7, 11) is 1.34. The molecule has 0 atom stereocenters. The molecule has 0 bridgehead atoms. The molecule has 3 heterocycles. The van der Waals surface area contributed by atoms with Crippen molar-refractivity contribution in [3.05, 3.63) is 76.0 Å². The zero-order valence-electron chi connectivity index (χ0n) is 16.7. The lowest BCUT2D eigenvalue weighted by molar-refractivity contribution is -0.139. The number of aromatic amines is 1. The summed E-state index contributed by atoms with van der Waals surface area (Å²) in [4.78, 5) is 39.3. The smallest absolute Gasteiger partial charge is 0.328 e.